The van der Waals surface area contributed by atoms with Crippen LogP contribution in [0.15, 0.2) is 6.07 Å². The van der Waals surface area contributed by atoms with E-state index in [0.717, 1.165) is 0 Å². The molecule has 1 heterocycles. The molecular formula is C9H10FNO4. The van der Waals surface area contributed by atoms with Gasteiger partial charge >= 0.3 is 5.97 Å². The van der Waals surface area contributed by atoms with Crippen LogP contribution in [0.5, 0.6) is 11.6 Å². The molecule has 0 aliphatic carbocycles. The first-order valence-corrected chi connectivity index (χ1v) is 4.07. The van der Waals surface area contributed by atoms with Gasteiger partial charge in [-0.05, 0) is 0 Å². The predicted octanol–water partition coefficient (Wildman–Crippen LogP) is 0.865. The Labute approximate surface area is 85.5 Å². The van der Waals surface area contributed by atoms with Crippen LogP contribution < -0.4 is 9.47 Å². The number of rotatable bonds is 4. The van der Waals surface area contributed by atoms with Gasteiger partial charge in [0.1, 0.15) is 0 Å². The molecule has 82 valence electrons. The summed E-state index contributed by atoms with van der Waals surface area (Å²) in [5, 5.41) is 8.53. The van der Waals surface area contributed by atoms with Gasteiger partial charge in [0.2, 0.25) is 5.88 Å². The molecule has 1 aromatic rings. The van der Waals surface area contributed by atoms with Crippen molar-refractivity contribution >= 4 is 5.97 Å². The Morgan fingerprint density at radius 3 is 2.67 bits per heavy atom. The minimum atomic E-state index is -1.17. The van der Waals surface area contributed by atoms with Gasteiger partial charge in [0, 0.05) is 6.07 Å². The average molecular weight is 215 g/mol. The largest absolute Gasteiger partial charge is 0.493 e. The number of aliphatic carboxylic acids is 1. The van der Waals surface area contributed by atoms with Crippen molar-refractivity contribution in [2.24, 2.45) is 0 Å². The monoisotopic (exact) mass is 215 g/mol. The second-order valence-electron chi connectivity index (χ2n) is 2.70. The number of aromatic nitrogens is 1. The summed E-state index contributed by atoms with van der Waals surface area (Å²) in [5.74, 6) is -1.92. The molecule has 0 fully saturated rings. The molecule has 6 heteroatoms. The van der Waals surface area contributed by atoms with Crippen LogP contribution in [0.1, 0.15) is 5.69 Å². The third kappa shape index (κ3) is 2.55. The van der Waals surface area contributed by atoms with Crippen molar-refractivity contribution in [3.63, 3.8) is 0 Å². The lowest BCUT2D eigenvalue weighted by atomic mass is 10.2. The highest BCUT2D eigenvalue weighted by atomic mass is 19.1. The summed E-state index contributed by atoms with van der Waals surface area (Å²) in [4.78, 5) is 14.1. The normalized spacial score (nSPS) is 9.80. The zero-order valence-electron chi connectivity index (χ0n) is 8.28. The van der Waals surface area contributed by atoms with Gasteiger partial charge in [-0.15, -0.1) is 0 Å². The summed E-state index contributed by atoms with van der Waals surface area (Å²) in [6, 6.07) is 1.25. The van der Waals surface area contributed by atoms with Crippen LogP contribution in [0.4, 0.5) is 4.39 Å². The number of carboxylic acids is 1. The molecule has 0 spiro atoms. The van der Waals surface area contributed by atoms with E-state index in [1.165, 1.54) is 20.3 Å². The lowest BCUT2D eigenvalue weighted by Crippen LogP contribution is -2.07. The Hall–Kier alpha value is -1.85. The van der Waals surface area contributed by atoms with Gasteiger partial charge in [0.15, 0.2) is 11.6 Å². The van der Waals surface area contributed by atoms with Crippen molar-refractivity contribution in [2.75, 3.05) is 14.2 Å². The van der Waals surface area contributed by atoms with Crippen LogP contribution >= 0.6 is 0 Å². The number of hydrogen-bond acceptors (Lipinski definition) is 4. The van der Waals surface area contributed by atoms with Crippen LogP contribution in [-0.4, -0.2) is 30.3 Å². The molecule has 1 N–H and O–H groups in total. The molecule has 0 radical (unpaired) electrons. The van der Waals surface area contributed by atoms with E-state index < -0.39 is 18.2 Å². The lowest BCUT2D eigenvalue weighted by molar-refractivity contribution is -0.136. The topological polar surface area (TPSA) is 68.7 Å². The number of halogens is 1. The summed E-state index contributed by atoms with van der Waals surface area (Å²) in [5.41, 5.74) is -0.210. The van der Waals surface area contributed by atoms with Crippen LogP contribution in [0.3, 0.4) is 0 Å². The van der Waals surface area contributed by atoms with E-state index in [0.29, 0.717) is 0 Å². The molecule has 0 saturated carbocycles. The molecule has 0 saturated heterocycles. The molecule has 5 nitrogen and oxygen atoms in total. The molecular weight excluding hydrogens is 205 g/mol. The Bertz CT molecular complexity index is 381. The van der Waals surface area contributed by atoms with E-state index >= 15 is 0 Å². The van der Waals surface area contributed by atoms with E-state index in [1.54, 1.807) is 0 Å². The Balaban J connectivity index is 3.17. The van der Waals surface area contributed by atoms with Gasteiger partial charge in [-0.1, -0.05) is 0 Å². The average Bonchev–Trinajstić information content (AvgIpc) is 2.20. The SMILES string of the molecule is COc1cc(OC)c(F)c(CC(=O)O)n1. The molecule has 15 heavy (non-hydrogen) atoms. The van der Waals surface area contributed by atoms with Gasteiger partial charge in [-0.25, -0.2) is 9.37 Å². The van der Waals surface area contributed by atoms with Crippen molar-refractivity contribution < 1.29 is 23.8 Å². The van der Waals surface area contributed by atoms with Crippen molar-refractivity contribution in [3.05, 3.63) is 17.6 Å². The minimum Gasteiger partial charge on any atom is -0.493 e. The number of carboxylic acid groups (broad SMARTS) is 1. The van der Waals surface area contributed by atoms with Gasteiger partial charge in [-0.2, -0.15) is 0 Å². The second kappa shape index (κ2) is 4.59. The van der Waals surface area contributed by atoms with Crippen molar-refractivity contribution in [1.29, 1.82) is 0 Å². The Morgan fingerprint density at radius 1 is 1.53 bits per heavy atom. The summed E-state index contributed by atoms with van der Waals surface area (Å²) in [7, 11) is 2.63. The molecule has 0 unspecified atom stereocenters. The summed E-state index contributed by atoms with van der Waals surface area (Å²) in [6.07, 6.45) is -0.514. The first kappa shape index (κ1) is 11.2. The van der Waals surface area contributed by atoms with Gasteiger partial charge in [-0.3, -0.25) is 4.79 Å². The maximum atomic E-state index is 13.4. The van der Waals surface area contributed by atoms with Gasteiger partial charge in [0.05, 0.1) is 26.3 Å². The second-order valence-corrected chi connectivity index (χ2v) is 2.70. The lowest BCUT2D eigenvalue weighted by Gasteiger charge is -2.07. The zero-order chi connectivity index (χ0) is 11.4. The molecule has 0 aromatic carbocycles. The maximum Gasteiger partial charge on any atom is 0.309 e. The van der Waals surface area contributed by atoms with Crippen molar-refractivity contribution in [2.45, 2.75) is 6.42 Å². The van der Waals surface area contributed by atoms with Gasteiger partial charge in [0.25, 0.3) is 0 Å². The fraction of sp³-hybridized carbons (Fsp3) is 0.333. The summed E-state index contributed by atoms with van der Waals surface area (Å²) >= 11 is 0. The number of nitrogens with zero attached hydrogens (tertiary/aromatic N) is 1. The standard InChI is InChI=1S/C9H10FNO4/c1-14-6-4-7(15-2)11-5(9(6)10)3-8(12)13/h4H,3H2,1-2H3,(H,12,13). The smallest absolute Gasteiger partial charge is 0.309 e. The quantitative estimate of drug-likeness (QED) is 0.806. The van der Waals surface area contributed by atoms with Crippen LogP contribution in [-0.2, 0) is 11.2 Å². The highest BCUT2D eigenvalue weighted by molar-refractivity contribution is 5.69. The molecule has 0 aliphatic heterocycles. The predicted molar refractivity (Wildman–Crippen MR) is 48.6 cm³/mol. The third-order valence-electron chi connectivity index (χ3n) is 1.72. The zero-order valence-corrected chi connectivity index (χ0v) is 8.28. The number of hydrogen-bond donors (Lipinski definition) is 1. The van der Waals surface area contributed by atoms with Crippen molar-refractivity contribution in [1.82, 2.24) is 4.98 Å². The van der Waals surface area contributed by atoms with Crippen molar-refractivity contribution in [3.8, 4) is 11.6 Å². The highest BCUT2D eigenvalue weighted by Gasteiger charge is 2.15. The molecule has 0 amide bonds. The molecule has 1 rings (SSSR count). The van der Waals surface area contributed by atoms with E-state index in [9.17, 15) is 9.18 Å². The summed E-state index contributed by atoms with van der Waals surface area (Å²) in [6.45, 7) is 0. The number of carbonyl (C=O) groups is 1. The van der Waals surface area contributed by atoms with E-state index in [4.69, 9.17) is 14.6 Å². The highest BCUT2D eigenvalue weighted by Crippen LogP contribution is 2.24. The number of methoxy groups -OCH3 is 2. The molecule has 0 aliphatic rings. The summed E-state index contributed by atoms with van der Waals surface area (Å²) < 4.78 is 22.9. The van der Waals surface area contributed by atoms with E-state index in [1.807, 2.05) is 0 Å². The third-order valence-corrected chi connectivity index (χ3v) is 1.72. The Morgan fingerprint density at radius 2 is 2.20 bits per heavy atom. The molecule has 0 atom stereocenters. The first-order chi connectivity index (χ1) is 7.08. The number of pyridine rings is 1. The minimum absolute atomic E-state index is 0.0851. The van der Waals surface area contributed by atoms with Crippen LogP contribution in [0.25, 0.3) is 0 Å². The molecule has 1 aromatic heterocycles. The fourth-order valence-corrected chi connectivity index (χ4v) is 1.05. The van der Waals surface area contributed by atoms with E-state index in [2.05, 4.69) is 4.98 Å². The van der Waals surface area contributed by atoms with Gasteiger partial charge < -0.3 is 14.6 Å². The molecule has 0 bridgehead atoms. The fourth-order valence-electron chi connectivity index (χ4n) is 1.05. The van der Waals surface area contributed by atoms with Crippen LogP contribution in [0.2, 0.25) is 0 Å². The first-order valence-electron chi connectivity index (χ1n) is 4.07. The van der Waals surface area contributed by atoms with Crippen LogP contribution in [0, 0.1) is 5.82 Å². The number of ether oxygens (including phenoxy) is 2. The maximum absolute atomic E-state index is 13.4. The Kier molecular flexibility index (Phi) is 3.43. The van der Waals surface area contributed by atoms with E-state index in [-0.39, 0.29) is 17.3 Å².